The van der Waals surface area contributed by atoms with Crippen molar-refractivity contribution in [2.24, 2.45) is 5.41 Å². The Morgan fingerprint density at radius 2 is 2.00 bits per heavy atom. The SMILES string of the molecule is COCCNC(=O)C(C)NC(=O)C1(C)CCNCC1. The van der Waals surface area contributed by atoms with E-state index in [1.165, 1.54) is 0 Å². The summed E-state index contributed by atoms with van der Waals surface area (Å²) < 4.78 is 4.86. The van der Waals surface area contributed by atoms with Crippen LogP contribution in [-0.4, -0.2) is 51.2 Å². The largest absolute Gasteiger partial charge is 0.383 e. The van der Waals surface area contributed by atoms with Gasteiger partial charge in [0.1, 0.15) is 6.04 Å². The number of rotatable bonds is 6. The predicted octanol–water partition coefficient (Wildman–Crippen LogP) is -0.357. The van der Waals surface area contributed by atoms with Crippen molar-refractivity contribution >= 4 is 11.8 Å². The Morgan fingerprint density at radius 3 is 2.58 bits per heavy atom. The van der Waals surface area contributed by atoms with Crippen molar-refractivity contribution in [3.63, 3.8) is 0 Å². The van der Waals surface area contributed by atoms with E-state index in [1.54, 1.807) is 14.0 Å². The summed E-state index contributed by atoms with van der Waals surface area (Å²) in [6, 6.07) is -0.518. The van der Waals surface area contributed by atoms with Crippen molar-refractivity contribution in [1.82, 2.24) is 16.0 Å². The van der Waals surface area contributed by atoms with Crippen LogP contribution >= 0.6 is 0 Å². The van der Waals surface area contributed by atoms with E-state index in [-0.39, 0.29) is 17.2 Å². The highest BCUT2D eigenvalue weighted by molar-refractivity contribution is 5.89. The van der Waals surface area contributed by atoms with Crippen molar-refractivity contribution in [1.29, 1.82) is 0 Å². The molecule has 110 valence electrons. The Kier molecular flexibility index (Phi) is 6.24. The number of methoxy groups -OCH3 is 1. The number of nitrogens with one attached hydrogen (secondary N) is 3. The van der Waals surface area contributed by atoms with Gasteiger partial charge in [-0.1, -0.05) is 6.92 Å². The summed E-state index contributed by atoms with van der Waals surface area (Å²) in [4.78, 5) is 24.0. The molecule has 0 radical (unpaired) electrons. The number of carbonyl (C=O) groups excluding carboxylic acids is 2. The van der Waals surface area contributed by atoms with Gasteiger partial charge in [-0.15, -0.1) is 0 Å². The van der Waals surface area contributed by atoms with Gasteiger partial charge in [0.2, 0.25) is 11.8 Å². The van der Waals surface area contributed by atoms with E-state index in [1.807, 2.05) is 6.92 Å². The number of ether oxygens (including phenoxy) is 1. The molecule has 1 unspecified atom stereocenters. The van der Waals surface area contributed by atoms with Crippen molar-refractivity contribution in [2.75, 3.05) is 33.4 Å². The highest BCUT2D eigenvalue weighted by Gasteiger charge is 2.35. The van der Waals surface area contributed by atoms with Crippen LogP contribution in [0.2, 0.25) is 0 Å². The van der Waals surface area contributed by atoms with Gasteiger partial charge in [-0.3, -0.25) is 9.59 Å². The fourth-order valence-corrected chi connectivity index (χ4v) is 2.07. The first-order chi connectivity index (χ1) is 8.99. The molecule has 0 aromatic carbocycles. The second kappa shape index (κ2) is 7.45. The van der Waals surface area contributed by atoms with E-state index >= 15 is 0 Å². The Bertz CT molecular complexity index is 314. The first-order valence-electron chi connectivity index (χ1n) is 6.78. The maximum absolute atomic E-state index is 12.2. The summed E-state index contributed by atoms with van der Waals surface area (Å²) in [5.41, 5.74) is -0.369. The van der Waals surface area contributed by atoms with Crippen LogP contribution in [0.25, 0.3) is 0 Å². The van der Waals surface area contributed by atoms with Gasteiger partial charge < -0.3 is 20.7 Å². The number of hydrogen-bond acceptors (Lipinski definition) is 4. The number of amides is 2. The van der Waals surface area contributed by atoms with Crippen molar-refractivity contribution < 1.29 is 14.3 Å². The molecule has 0 aromatic heterocycles. The molecule has 0 aromatic rings. The summed E-state index contributed by atoms with van der Waals surface area (Å²) in [5, 5.41) is 8.74. The molecular formula is C13H25N3O3. The minimum absolute atomic E-state index is 0.0385. The van der Waals surface area contributed by atoms with Crippen LogP contribution < -0.4 is 16.0 Å². The molecule has 1 heterocycles. The van der Waals surface area contributed by atoms with Crippen molar-refractivity contribution in [2.45, 2.75) is 32.7 Å². The lowest BCUT2D eigenvalue weighted by Gasteiger charge is -2.33. The zero-order valence-corrected chi connectivity index (χ0v) is 12.0. The van der Waals surface area contributed by atoms with E-state index in [2.05, 4.69) is 16.0 Å². The summed E-state index contributed by atoms with van der Waals surface area (Å²) in [7, 11) is 1.58. The summed E-state index contributed by atoms with van der Waals surface area (Å²) >= 11 is 0. The lowest BCUT2D eigenvalue weighted by Crippen LogP contribution is -2.52. The molecule has 1 atom stereocenters. The van der Waals surface area contributed by atoms with Crippen molar-refractivity contribution in [3.05, 3.63) is 0 Å². The molecule has 0 saturated carbocycles. The third-order valence-electron chi connectivity index (χ3n) is 3.60. The Hall–Kier alpha value is -1.14. The molecule has 1 fully saturated rings. The lowest BCUT2D eigenvalue weighted by atomic mass is 9.80. The highest BCUT2D eigenvalue weighted by atomic mass is 16.5. The third-order valence-corrected chi connectivity index (χ3v) is 3.60. The minimum Gasteiger partial charge on any atom is -0.383 e. The highest BCUT2D eigenvalue weighted by Crippen LogP contribution is 2.27. The molecule has 6 heteroatoms. The molecule has 3 N–H and O–H groups in total. The molecule has 2 amide bonds. The van der Waals surface area contributed by atoms with Gasteiger partial charge >= 0.3 is 0 Å². The van der Waals surface area contributed by atoms with E-state index < -0.39 is 6.04 Å². The summed E-state index contributed by atoms with van der Waals surface area (Å²) in [5.74, 6) is -0.216. The normalized spacial score (nSPS) is 19.5. The zero-order valence-electron chi connectivity index (χ0n) is 12.0. The van der Waals surface area contributed by atoms with Gasteiger partial charge in [-0.05, 0) is 32.9 Å². The topological polar surface area (TPSA) is 79.5 Å². The molecule has 1 aliphatic rings. The van der Waals surface area contributed by atoms with Gasteiger partial charge in [0.25, 0.3) is 0 Å². The summed E-state index contributed by atoms with van der Waals surface area (Å²) in [6.45, 7) is 6.27. The molecule has 0 aliphatic carbocycles. The lowest BCUT2D eigenvalue weighted by molar-refractivity contribution is -0.135. The Balaban J connectivity index is 2.40. The van der Waals surface area contributed by atoms with Crippen LogP contribution in [0.1, 0.15) is 26.7 Å². The van der Waals surface area contributed by atoms with E-state index in [4.69, 9.17) is 4.74 Å². The van der Waals surface area contributed by atoms with E-state index in [0.717, 1.165) is 25.9 Å². The van der Waals surface area contributed by atoms with Crippen LogP contribution in [0, 0.1) is 5.41 Å². The van der Waals surface area contributed by atoms with Crippen LogP contribution in [0.3, 0.4) is 0 Å². The Labute approximate surface area is 114 Å². The molecule has 0 bridgehead atoms. The van der Waals surface area contributed by atoms with Gasteiger partial charge in [0.15, 0.2) is 0 Å². The first-order valence-corrected chi connectivity index (χ1v) is 6.78. The molecule has 1 rings (SSSR count). The average molecular weight is 271 g/mol. The smallest absolute Gasteiger partial charge is 0.242 e. The molecule has 1 saturated heterocycles. The number of piperidine rings is 1. The summed E-state index contributed by atoms with van der Waals surface area (Å²) in [6.07, 6.45) is 1.60. The Morgan fingerprint density at radius 1 is 1.37 bits per heavy atom. The molecule has 0 spiro atoms. The van der Waals surface area contributed by atoms with E-state index in [0.29, 0.717) is 13.2 Å². The monoisotopic (exact) mass is 271 g/mol. The van der Waals surface area contributed by atoms with Crippen LogP contribution in [0.4, 0.5) is 0 Å². The number of hydrogen-bond donors (Lipinski definition) is 3. The van der Waals surface area contributed by atoms with Gasteiger partial charge in [0.05, 0.1) is 6.61 Å². The predicted molar refractivity (Wildman–Crippen MR) is 72.7 cm³/mol. The molecular weight excluding hydrogens is 246 g/mol. The standard InChI is InChI=1S/C13H25N3O3/c1-10(11(17)15-8-9-19-3)16-12(18)13(2)4-6-14-7-5-13/h10,14H,4-9H2,1-3H3,(H,15,17)(H,16,18). The first kappa shape index (κ1) is 15.9. The van der Waals surface area contributed by atoms with E-state index in [9.17, 15) is 9.59 Å². The van der Waals surface area contributed by atoms with Crippen molar-refractivity contribution in [3.8, 4) is 0 Å². The maximum atomic E-state index is 12.2. The minimum atomic E-state index is -0.518. The molecule has 19 heavy (non-hydrogen) atoms. The van der Waals surface area contributed by atoms with Crippen LogP contribution in [0.15, 0.2) is 0 Å². The second-order valence-electron chi connectivity index (χ2n) is 5.29. The molecule has 1 aliphatic heterocycles. The maximum Gasteiger partial charge on any atom is 0.242 e. The zero-order chi connectivity index (χ0) is 14.3. The second-order valence-corrected chi connectivity index (χ2v) is 5.29. The van der Waals surface area contributed by atoms with Crippen LogP contribution in [-0.2, 0) is 14.3 Å². The van der Waals surface area contributed by atoms with Crippen LogP contribution in [0.5, 0.6) is 0 Å². The fourth-order valence-electron chi connectivity index (χ4n) is 2.07. The quantitative estimate of drug-likeness (QED) is 0.577. The third kappa shape index (κ3) is 4.80. The fraction of sp³-hybridized carbons (Fsp3) is 0.846. The van der Waals surface area contributed by atoms with Gasteiger partial charge in [-0.25, -0.2) is 0 Å². The molecule has 6 nitrogen and oxygen atoms in total. The number of carbonyl (C=O) groups is 2. The van der Waals surface area contributed by atoms with Gasteiger partial charge in [0, 0.05) is 19.1 Å². The van der Waals surface area contributed by atoms with Gasteiger partial charge in [-0.2, -0.15) is 0 Å². The average Bonchev–Trinajstić information content (AvgIpc) is 2.39.